The highest BCUT2D eigenvalue weighted by atomic mass is 35.5. The lowest BCUT2D eigenvalue weighted by atomic mass is 10.1. The Bertz CT molecular complexity index is 1370. The number of fused-ring (bicyclic) bond motifs is 1. The van der Waals surface area contributed by atoms with Gasteiger partial charge in [-0.3, -0.25) is 9.20 Å². The topological polar surface area (TPSA) is 83.7 Å². The molecule has 2 heterocycles. The molecule has 1 unspecified atom stereocenters. The number of aromatic nitrogens is 2. The van der Waals surface area contributed by atoms with Crippen LogP contribution in [0.2, 0.25) is 10.0 Å². The van der Waals surface area contributed by atoms with Gasteiger partial charge >= 0.3 is 12.1 Å². The monoisotopic (exact) mass is 523 g/mol. The summed E-state index contributed by atoms with van der Waals surface area (Å²) in [5, 5.41) is 11.3. The molecule has 0 saturated carbocycles. The van der Waals surface area contributed by atoms with E-state index in [0.717, 1.165) is 16.6 Å². The van der Waals surface area contributed by atoms with Crippen molar-refractivity contribution in [2.24, 2.45) is 0 Å². The van der Waals surface area contributed by atoms with Gasteiger partial charge in [-0.25, -0.2) is 9.78 Å². The maximum Gasteiger partial charge on any atom is 0.490 e. The molecule has 2 aromatic heterocycles. The van der Waals surface area contributed by atoms with Crippen LogP contribution in [-0.4, -0.2) is 32.5 Å². The number of halogens is 5. The predicted molar refractivity (Wildman–Crippen MR) is 127 cm³/mol. The smallest absolute Gasteiger partial charge is 0.475 e. The van der Waals surface area contributed by atoms with Crippen LogP contribution in [0.3, 0.4) is 0 Å². The molecule has 0 spiro atoms. The Kier molecular flexibility index (Phi) is 8.03. The van der Waals surface area contributed by atoms with E-state index in [1.807, 2.05) is 79.9 Å². The van der Waals surface area contributed by atoms with Gasteiger partial charge in [0.1, 0.15) is 0 Å². The van der Waals surface area contributed by atoms with Crippen molar-refractivity contribution in [2.45, 2.75) is 19.1 Å². The van der Waals surface area contributed by atoms with Crippen LogP contribution in [0, 0.1) is 0 Å². The number of hydrogen-bond donors (Lipinski definition) is 2. The second kappa shape index (κ2) is 10.8. The molecule has 11 heteroatoms. The van der Waals surface area contributed by atoms with E-state index in [0.29, 0.717) is 21.6 Å². The second-order valence-corrected chi connectivity index (χ2v) is 8.11. The first-order valence-electron chi connectivity index (χ1n) is 10.1. The molecule has 2 N–H and O–H groups in total. The quantitative estimate of drug-likeness (QED) is 0.322. The van der Waals surface area contributed by atoms with E-state index in [2.05, 4.69) is 10.3 Å². The molecule has 1 amide bonds. The SMILES string of the molecule is CC(NC(=O)c1nc(-c2cccc(Cl)c2)c2ccccn12)c1ccccc1Cl.O=C(O)C(F)(F)F. The van der Waals surface area contributed by atoms with Crippen LogP contribution >= 0.6 is 23.2 Å². The van der Waals surface area contributed by atoms with E-state index < -0.39 is 12.1 Å². The summed E-state index contributed by atoms with van der Waals surface area (Å²) >= 11 is 12.4. The summed E-state index contributed by atoms with van der Waals surface area (Å²) in [6.07, 6.45) is -3.26. The van der Waals surface area contributed by atoms with Crippen molar-refractivity contribution in [3.8, 4) is 11.3 Å². The number of nitrogens with zero attached hydrogens (tertiary/aromatic N) is 2. The summed E-state index contributed by atoms with van der Waals surface area (Å²) < 4.78 is 33.5. The van der Waals surface area contributed by atoms with Gasteiger partial charge in [-0.1, -0.05) is 59.6 Å². The van der Waals surface area contributed by atoms with Crippen LogP contribution < -0.4 is 5.32 Å². The van der Waals surface area contributed by atoms with E-state index in [-0.39, 0.29) is 11.9 Å². The van der Waals surface area contributed by atoms with Crippen molar-refractivity contribution < 1.29 is 27.9 Å². The number of amides is 1. The van der Waals surface area contributed by atoms with E-state index in [9.17, 15) is 18.0 Å². The normalized spacial score (nSPS) is 11.9. The summed E-state index contributed by atoms with van der Waals surface area (Å²) in [6, 6.07) is 20.4. The zero-order valence-electron chi connectivity index (χ0n) is 18.1. The molecule has 1 atom stereocenters. The summed E-state index contributed by atoms with van der Waals surface area (Å²) in [6.45, 7) is 1.90. The Morgan fingerprint density at radius 2 is 1.69 bits per heavy atom. The Hall–Kier alpha value is -3.56. The number of carbonyl (C=O) groups is 2. The third-order valence-corrected chi connectivity index (χ3v) is 5.39. The third kappa shape index (κ3) is 6.32. The number of carbonyl (C=O) groups excluding carboxylic acids is 1. The van der Waals surface area contributed by atoms with Crippen LogP contribution in [-0.2, 0) is 4.79 Å². The highest BCUT2D eigenvalue weighted by Crippen LogP contribution is 2.28. The lowest BCUT2D eigenvalue weighted by Gasteiger charge is -2.15. The van der Waals surface area contributed by atoms with Gasteiger partial charge in [-0.15, -0.1) is 0 Å². The minimum absolute atomic E-state index is 0.258. The molecule has 0 aliphatic heterocycles. The maximum atomic E-state index is 13.0. The molecule has 4 aromatic rings. The lowest BCUT2D eigenvalue weighted by molar-refractivity contribution is -0.192. The molecule has 0 bridgehead atoms. The van der Waals surface area contributed by atoms with Gasteiger partial charge in [-0.2, -0.15) is 13.2 Å². The second-order valence-electron chi connectivity index (χ2n) is 7.27. The van der Waals surface area contributed by atoms with Crippen LogP contribution in [0.1, 0.15) is 29.1 Å². The number of pyridine rings is 1. The van der Waals surface area contributed by atoms with Gasteiger partial charge in [0.15, 0.2) is 0 Å². The molecule has 0 saturated heterocycles. The van der Waals surface area contributed by atoms with Gasteiger partial charge in [-0.05, 0) is 42.8 Å². The fraction of sp³-hybridized carbons (Fsp3) is 0.125. The standard InChI is InChI=1S/C22H17Cl2N3O.C2HF3O2/c1-14(17-9-2-3-10-18(17)24)25-22(28)21-26-20(15-7-6-8-16(23)13-15)19-11-4-5-12-27(19)21;3-2(4,5)1(6)7/h2-14H,1H3,(H,25,28);(H,6,7). The van der Waals surface area contributed by atoms with Crippen molar-refractivity contribution in [1.29, 1.82) is 0 Å². The Balaban J connectivity index is 0.000000429. The summed E-state index contributed by atoms with van der Waals surface area (Å²) in [4.78, 5) is 26.5. The van der Waals surface area contributed by atoms with E-state index in [1.54, 1.807) is 4.40 Å². The number of nitrogens with one attached hydrogen (secondary N) is 1. The van der Waals surface area contributed by atoms with E-state index in [4.69, 9.17) is 33.1 Å². The van der Waals surface area contributed by atoms with Crippen molar-refractivity contribution in [3.63, 3.8) is 0 Å². The molecular weight excluding hydrogens is 506 g/mol. The number of benzene rings is 2. The van der Waals surface area contributed by atoms with Gasteiger partial charge < -0.3 is 10.4 Å². The summed E-state index contributed by atoms with van der Waals surface area (Å²) in [7, 11) is 0. The van der Waals surface area contributed by atoms with Crippen molar-refractivity contribution in [3.05, 3.63) is 94.4 Å². The summed E-state index contributed by atoms with van der Waals surface area (Å²) in [5.74, 6) is -2.72. The van der Waals surface area contributed by atoms with Gasteiger partial charge in [0.05, 0.1) is 17.3 Å². The molecule has 0 radical (unpaired) electrons. The number of alkyl halides is 3. The van der Waals surface area contributed by atoms with Crippen molar-refractivity contribution in [1.82, 2.24) is 14.7 Å². The average molecular weight is 524 g/mol. The number of carboxylic acids is 1. The first-order chi connectivity index (χ1) is 16.5. The van der Waals surface area contributed by atoms with Crippen molar-refractivity contribution in [2.75, 3.05) is 0 Å². The number of aliphatic carboxylic acids is 1. The molecular formula is C24H18Cl2F3N3O3. The minimum atomic E-state index is -5.08. The molecule has 6 nitrogen and oxygen atoms in total. The van der Waals surface area contributed by atoms with Crippen LogP contribution in [0.5, 0.6) is 0 Å². The first-order valence-corrected chi connectivity index (χ1v) is 10.8. The van der Waals surface area contributed by atoms with Crippen LogP contribution in [0.4, 0.5) is 13.2 Å². The average Bonchev–Trinajstić information content (AvgIpc) is 3.19. The molecule has 35 heavy (non-hydrogen) atoms. The molecule has 182 valence electrons. The predicted octanol–water partition coefficient (Wildman–Crippen LogP) is 6.43. The number of carboxylic acid groups (broad SMARTS) is 1. The zero-order chi connectivity index (χ0) is 25.8. The molecule has 2 aromatic carbocycles. The minimum Gasteiger partial charge on any atom is -0.475 e. The summed E-state index contributed by atoms with van der Waals surface area (Å²) in [5.41, 5.74) is 3.25. The zero-order valence-corrected chi connectivity index (χ0v) is 19.6. The molecule has 0 fully saturated rings. The fourth-order valence-corrected chi connectivity index (χ4v) is 3.70. The van der Waals surface area contributed by atoms with Crippen LogP contribution in [0.25, 0.3) is 16.8 Å². The fourth-order valence-electron chi connectivity index (χ4n) is 3.21. The Labute approximate surface area is 207 Å². The Morgan fingerprint density at radius 3 is 2.31 bits per heavy atom. The molecule has 0 aliphatic carbocycles. The lowest BCUT2D eigenvalue weighted by Crippen LogP contribution is -2.28. The highest BCUT2D eigenvalue weighted by Gasteiger charge is 2.38. The van der Waals surface area contributed by atoms with Gasteiger partial charge in [0.2, 0.25) is 5.82 Å². The van der Waals surface area contributed by atoms with E-state index >= 15 is 0 Å². The molecule has 4 rings (SSSR count). The first kappa shape index (κ1) is 26.1. The largest absolute Gasteiger partial charge is 0.490 e. The molecule has 0 aliphatic rings. The van der Waals surface area contributed by atoms with Gasteiger partial charge in [0.25, 0.3) is 5.91 Å². The number of imidazole rings is 1. The van der Waals surface area contributed by atoms with E-state index in [1.165, 1.54) is 0 Å². The van der Waals surface area contributed by atoms with Crippen molar-refractivity contribution >= 4 is 40.6 Å². The maximum absolute atomic E-state index is 13.0. The Morgan fingerprint density at radius 1 is 1.03 bits per heavy atom. The van der Waals surface area contributed by atoms with Gasteiger partial charge in [0, 0.05) is 21.8 Å². The van der Waals surface area contributed by atoms with Crippen LogP contribution in [0.15, 0.2) is 72.9 Å². The number of rotatable bonds is 4. The number of hydrogen-bond acceptors (Lipinski definition) is 3. The highest BCUT2D eigenvalue weighted by molar-refractivity contribution is 6.31. The third-order valence-electron chi connectivity index (χ3n) is 4.81.